The fourth-order valence-corrected chi connectivity index (χ4v) is 1.83. The maximum atomic E-state index is 12.1. The number of nitrogens with one attached hydrogen (secondary N) is 1. The highest BCUT2D eigenvalue weighted by molar-refractivity contribution is 7.80. The SMILES string of the molecule is CC(C)(NC(=O)C1Cc2ccccc2O1)C(N)=S. The molecule has 1 atom stereocenters. The third-order valence-corrected chi connectivity index (χ3v) is 3.50. The smallest absolute Gasteiger partial charge is 0.262 e. The number of amides is 1. The number of rotatable bonds is 3. The molecule has 4 nitrogen and oxygen atoms in total. The number of benzene rings is 1. The zero-order chi connectivity index (χ0) is 13.3. The Kier molecular flexibility index (Phi) is 3.26. The molecule has 18 heavy (non-hydrogen) atoms. The van der Waals surface area contributed by atoms with E-state index in [4.69, 9.17) is 22.7 Å². The summed E-state index contributed by atoms with van der Waals surface area (Å²) in [5.74, 6) is 0.579. The molecule has 2 rings (SSSR count). The summed E-state index contributed by atoms with van der Waals surface area (Å²) in [4.78, 5) is 12.3. The molecule has 0 saturated carbocycles. The number of para-hydroxylation sites is 1. The topological polar surface area (TPSA) is 64.3 Å². The van der Waals surface area contributed by atoms with Gasteiger partial charge < -0.3 is 15.8 Å². The van der Waals surface area contributed by atoms with Crippen LogP contribution in [0.1, 0.15) is 19.4 Å². The molecule has 0 saturated heterocycles. The van der Waals surface area contributed by atoms with Crippen LogP contribution in [0.2, 0.25) is 0 Å². The summed E-state index contributed by atoms with van der Waals surface area (Å²) in [6, 6.07) is 7.64. The van der Waals surface area contributed by atoms with E-state index in [-0.39, 0.29) is 10.9 Å². The van der Waals surface area contributed by atoms with Gasteiger partial charge in [0.25, 0.3) is 5.91 Å². The lowest BCUT2D eigenvalue weighted by atomic mass is 10.0. The van der Waals surface area contributed by atoms with E-state index in [0.717, 1.165) is 11.3 Å². The predicted molar refractivity (Wildman–Crippen MR) is 73.6 cm³/mol. The van der Waals surface area contributed by atoms with Crippen LogP contribution in [0.4, 0.5) is 0 Å². The van der Waals surface area contributed by atoms with Crippen molar-refractivity contribution >= 4 is 23.1 Å². The number of thiocarbonyl (C=S) groups is 1. The molecular formula is C13H16N2O2S. The zero-order valence-corrected chi connectivity index (χ0v) is 11.2. The summed E-state index contributed by atoms with van der Waals surface area (Å²) in [7, 11) is 0. The number of ether oxygens (including phenoxy) is 1. The molecule has 3 N–H and O–H groups in total. The second kappa shape index (κ2) is 4.57. The monoisotopic (exact) mass is 264 g/mol. The first kappa shape index (κ1) is 12.8. The van der Waals surface area contributed by atoms with Crippen LogP contribution in [0, 0.1) is 0 Å². The van der Waals surface area contributed by atoms with Gasteiger partial charge in [0.05, 0.1) is 10.5 Å². The number of hydrogen-bond donors (Lipinski definition) is 2. The highest BCUT2D eigenvalue weighted by Crippen LogP contribution is 2.28. The van der Waals surface area contributed by atoms with Gasteiger partial charge in [-0.05, 0) is 25.5 Å². The molecule has 1 aromatic carbocycles. The molecule has 1 amide bonds. The molecule has 5 heteroatoms. The third-order valence-electron chi connectivity index (χ3n) is 2.99. The van der Waals surface area contributed by atoms with Gasteiger partial charge in [0.15, 0.2) is 6.10 Å². The van der Waals surface area contributed by atoms with Crippen LogP contribution in [0.15, 0.2) is 24.3 Å². The van der Waals surface area contributed by atoms with Gasteiger partial charge in [-0.15, -0.1) is 0 Å². The molecule has 0 spiro atoms. The Labute approximate surface area is 112 Å². The van der Waals surface area contributed by atoms with Gasteiger partial charge in [-0.1, -0.05) is 30.4 Å². The minimum Gasteiger partial charge on any atom is -0.480 e. The van der Waals surface area contributed by atoms with Gasteiger partial charge >= 0.3 is 0 Å². The highest BCUT2D eigenvalue weighted by atomic mass is 32.1. The van der Waals surface area contributed by atoms with Crippen molar-refractivity contribution in [3.05, 3.63) is 29.8 Å². The van der Waals surface area contributed by atoms with E-state index >= 15 is 0 Å². The summed E-state index contributed by atoms with van der Waals surface area (Å²) < 4.78 is 5.60. The first-order chi connectivity index (χ1) is 8.40. The van der Waals surface area contributed by atoms with Gasteiger partial charge in [-0.3, -0.25) is 4.79 Å². The van der Waals surface area contributed by atoms with E-state index in [1.165, 1.54) is 0 Å². The molecular weight excluding hydrogens is 248 g/mol. The Balaban J connectivity index is 2.04. The molecule has 0 fully saturated rings. The van der Waals surface area contributed by atoms with Gasteiger partial charge in [-0.25, -0.2) is 0 Å². The summed E-state index contributed by atoms with van der Waals surface area (Å²) in [5.41, 5.74) is 5.92. The third kappa shape index (κ3) is 2.46. The zero-order valence-electron chi connectivity index (χ0n) is 10.4. The molecule has 1 unspecified atom stereocenters. The maximum absolute atomic E-state index is 12.1. The number of nitrogens with two attached hydrogens (primary N) is 1. The van der Waals surface area contributed by atoms with E-state index in [9.17, 15) is 4.79 Å². The van der Waals surface area contributed by atoms with Crippen LogP contribution in [-0.2, 0) is 11.2 Å². The van der Waals surface area contributed by atoms with Crippen molar-refractivity contribution in [1.82, 2.24) is 5.32 Å². The second-order valence-corrected chi connectivity index (χ2v) is 5.34. The van der Waals surface area contributed by atoms with Gasteiger partial charge in [-0.2, -0.15) is 0 Å². The largest absolute Gasteiger partial charge is 0.480 e. The lowest BCUT2D eigenvalue weighted by Crippen LogP contribution is -2.55. The van der Waals surface area contributed by atoms with E-state index in [1.807, 2.05) is 24.3 Å². The predicted octanol–water partition coefficient (Wildman–Crippen LogP) is 1.17. The van der Waals surface area contributed by atoms with Crippen molar-refractivity contribution in [2.24, 2.45) is 5.73 Å². The van der Waals surface area contributed by atoms with Crippen molar-refractivity contribution in [1.29, 1.82) is 0 Å². The molecule has 0 aromatic heterocycles. The van der Waals surface area contributed by atoms with Crippen molar-refractivity contribution < 1.29 is 9.53 Å². The summed E-state index contributed by atoms with van der Waals surface area (Å²) in [5, 5.41) is 2.80. The second-order valence-electron chi connectivity index (χ2n) is 4.90. The number of hydrogen-bond acceptors (Lipinski definition) is 3. The van der Waals surface area contributed by atoms with Gasteiger partial charge in [0, 0.05) is 6.42 Å². The molecule has 1 aliphatic heterocycles. The molecule has 1 aromatic rings. The standard InChI is InChI=1S/C13H16N2O2S/c1-13(2,12(14)18)15-11(16)10-7-8-5-3-4-6-9(8)17-10/h3-6,10H,7H2,1-2H3,(H2,14,18)(H,15,16). The summed E-state index contributed by atoms with van der Waals surface area (Å²) in [6.07, 6.45) is 0.0751. The van der Waals surface area contributed by atoms with E-state index in [2.05, 4.69) is 5.32 Å². The van der Waals surface area contributed by atoms with Crippen molar-refractivity contribution in [3.63, 3.8) is 0 Å². The minimum atomic E-state index is -0.704. The van der Waals surface area contributed by atoms with Crippen LogP contribution in [0.25, 0.3) is 0 Å². The Bertz CT molecular complexity index is 475. The maximum Gasteiger partial charge on any atom is 0.262 e. The molecule has 1 aliphatic rings. The molecule has 0 radical (unpaired) electrons. The van der Waals surface area contributed by atoms with Crippen LogP contribution in [0.5, 0.6) is 5.75 Å². The van der Waals surface area contributed by atoms with E-state index in [0.29, 0.717) is 6.42 Å². The van der Waals surface area contributed by atoms with Crippen molar-refractivity contribution in [3.8, 4) is 5.75 Å². The molecule has 96 valence electrons. The first-order valence-corrected chi connectivity index (χ1v) is 6.17. The average molecular weight is 264 g/mol. The van der Waals surface area contributed by atoms with Crippen LogP contribution in [-0.4, -0.2) is 22.5 Å². The molecule has 0 bridgehead atoms. The van der Waals surface area contributed by atoms with Crippen molar-refractivity contribution in [2.75, 3.05) is 0 Å². The minimum absolute atomic E-state index is 0.191. The Morgan fingerprint density at radius 3 is 2.78 bits per heavy atom. The lowest BCUT2D eigenvalue weighted by Gasteiger charge is -2.26. The quantitative estimate of drug-likeness (QED) is 0.804. The number of carbonyl (C=O) groups is 1. The highest BCUT2D eigenvalue weighted by Gasteiger charge is 2.33. The fourth-order valence-electron chi connectivity index (χ4n) is 1.78. The number of fused-ring (bicyclic) bond motifs is 1. The summed E-state index contributed by atoms with van der Waals surface area (Å²) in [6.45, 7) is 3.55. The number of carbonyl (C=O) groups excluding carboxylic acids is 1. The Hall–Kier alpha value is -1.62. The Morgan fingerprint density at radius 2 is 2.17 bits per heavy atom. The average Bonchev–Trinajstić information content (AvgIpc) is 2.71. The molecule has 1 heterocycles. The van der Waals surface area contributed by atoms with Gasteiger partial charge in [0.2, 0.25) is 0 Å². The summed E-state index contributed by atoms with van der Waals surface area (Å²) >= 11 is 4.92. The van der Waals surface area contributed by atoms with Crippen LogP contribution < -0.4 is 15.8 Å². The normalized spacial score (nSPS) is 17.8. The van der Waals surface area contributed by atoms with Crippen LogP contribution in [0.3, 0.4) is 0 Å². The van der Waals surface area contributed by atoms with E-state index in [1.54, 1.807) is 13.8 Å². The Morgan fingerprint density at radius 1 is 1.50 bits per heavy atom. The first-order valence-electron chi connectivity index (χ1n) is 5.76. The fraction of sp³-hybridized carbons (Fsp3) is 0.385. The van der Waals surface area contributed by atoms with Crippen LogP contribution >= 0.6 is 12.2 Å². The molecule has 0 aliphatic carbocycles. The van der Waals surface area contributed by atoms with E-state index < -0.39 is 11.6 Å². The van der Waals surface area contributed by atoms with Gasteiger partial charge in [0.1, 0.15) is 5.75 Å². The van der Waals surface area contributed by atoms with Crippen molar-refractivity contribution in [2.45, 2.75) is 31.9 Å². The lowest BCUT2D eigenvalue weighted by molar-refractivity contribution is -0.128.